The first-order valence-corrected chi connectivity index (χ1v) is 3.72. The molecular weight excluding hydrogens is 144 g/mol. The molecule has 3 nitrogen and oxygen atoms in total. The summed E-state index contributed by atoms with van der Waals surface area (Å²) in [7, 11) is 0. The van der Waals surface area contributed by atoms with Crippen molar-refractivity contribution in [1.82, 2.24) is 0 Å². The highest BCUT2D eigenvalue weighted by molar-refractivity contribution is 4.94. The quantitative estimate of drug-likeness (QED) is 0.490. The van der Waals surface area contributed by atoms with E-state index in [0.29, 0.717) is 12.4 Å². The highest BCUT2D eigenvalue weighted by Crippen LogP contribution is 2.24. The van der Waals surface area contributed by atoms with Crippen molar-refractivity contribution in [3.8, 4) is 0 Å². The average Bonchev–Trinajstić information content (AvgIpc) is 2.42. The first kappa shape index (κ1) is 8.40. The lowest BCUT2D eigenvalue weighted by molar-refractivity contribution is 0.0850. The summed E-state index contributed by atoms with van der Waals surface area (Å²) in [5, 5.41) is 9.36. The molecule has 1 rings (SSSR count). The molecule has 0 aromatic rings. The van der Waals surface area contributed by atoms with E-state index >= 15 is 0 Å². The molecule has 1 N–H and O–H groups in total. The van der Waals surface area contributed by atoms with Gasteiger partial charge in [0.25, 0.3) is 0 Å². The molecule has 1 heterocycles. The Kier molecular flexibility index (Phi) is 2.09. The zero-order valence-corrected chi connectivity index (χ0v) is 7.13. The zero-order valence-electron chi connectivity index (χ0n) is 7.13. The predicted molar refractivity (Wildman–Crippen MR) is 40.3 cm³/mol. The number of rotatable bonds is 2. The summed E-state index contributed by atoms with van der Waals surface area (Å²) in [6.45, 7) is 6.22. The van der Waals surface area contributed by atoms with Crippen LogP contribution in [0.5, 0.6) is 0 Å². The summed E-state index contributed by atoms with van der Waals surface area (Å²) < 4.78 is 0. The summed E-state index contributed by atoms with van der Waals surface area (Å²) in [6, 6.07) is 0. The van der Waals surface area contributed by atoms with Crippen molar-refractivity contribution in [3.05, 3.63) is 12.0 Å². The number of hydrogen-bond donors (Lipinski definition) is 1. The molecule has 0 bridgehead atoms. The summed E-state index contributed by atoms with van der Waals surface area (Å²) >= 11 is 0. The van der Waals surface area contributed by atoms with Crippen LogP contribution in [0.3, 0.4) is 0 Å². The summed E-state index contributed by atoms with van der Waals surface area (Å²) in [5.74, 6) is 0.432. The van der Waals surface area contributed by atoms with Gasteiger partial charge in [-0.15, -0.1) is 0 Å². The van der Waals surface area contributed by atoms with Crippen molar-refractivity contribution in [2.24, 2.45) is 5.41 Å². The molecule has 1 atom stereocenters. The lowest BCUT2D eigenvalue weighted by Crippen LogP contribution is -2.15. The second-order valence-corrected chi connectivity index (χ2v) is 3.98. The largest absolute Gasteiger partial charge is 0.389 e. The Bertz CT molecular complexity index is 161. The second kappa shape index (κ2) is 2.74. The maximum Gasteiger partial charge on any atom is 0.377 e. The van der Waals surface area contributed by atoms with E-state index in [4.69, 9.17) is 0 Å². The lowest BCUT2D eigenvalue weighted by Gasteiger charge is -2.19. The molecule has 11 heavy (non-hydrogen) atoms. The van der Waals surface area contributed by atoms with E-state index < -0.39 is 6.10 Å². The highest BCUT2D eigenvalue weighted by atomic mass is 17.4. The van der Waals surface area contributed by atoms with Crippen LogP contribution in [0.15, 0.2) is 12.0 Å². The van der Waals surface area contributed by atoms with Gasteiger partial charge in [0.05, 0.1) is 6.10 Å². The van der Waals surface area contributed by atoms with Crippen LogP contribution in [0.2, 0.25) is 0 Å². The molecule has 1 aliphatic rings. The van der Waals surface area contributed by atoms with Crippen LogP contribution < -0.4 is 0 Å². The van der Waals surface area contributed by atoms with Crippen LogP contribution in [-0.4, -0.2) is 11.2 Å². The van der Waals surface area contributed by atoms with E-state index in [1.165, 1.54) is 0 Å². The molecular formula is C8H14O3. The van der Waals surface area contributed by atoms with E-state index in [9.17, 15) is 5.11 Å². The van der Waals surface area contributed by atoms with Crippen LogP contribution in [0.25, 0.3) is 0 Å². The highest BCUT2D eigenvalue weighted by Gasteiger charge is 2.22. The maximum atomic E-state index is 9.36. The Balaban J connectivity index is 2.31. The minimum Gasteiger partial charge on any atom is -0.389 e. The molecule has 1 fully saturated rings. The molecule has 3 heteroatoms. The molecule has 0 saturated carbocycles. The molecule has 0 amide bonds. The zero-order chi connectivity index (χ0) is 8.48. The standard InChI is InChI=1S/C8H14O3/c1-8(2,3)5-6(9)4-7-10-11-7/h4,6,9H,5H2,1-3H3. The van der Waals surface area contributed by atoms with E-state index in [1.54, 1.807) is 6.08 Å². The third-order valence-corrected chi connectivity index (χ3v) is 1.33. The maximum absolute atomic E-state index is 9.36. The predicted octanol–water partition coefficient (Wildman–Crippen LogP) is 1.59. The van der Waals surface area contributed by atoms with Gasteiger partial charge in [-0.05, 0) is 11.8 Å². The lowest BCUT2D eigenvalue weighted by atomic mass is 9.89. The van der Waals surface area contributed by atoms with Gasteiger partial charge >= 0.3 is 5.95 Å². The van der Waals surface area contributed by atoms with E-state index in [0.717, 1.165) is 0 Å². The normalized spacial score (nSPS) is 18.4. The van der Waals surface area contributed by atoms with Gasteiger partial charge in [0.15, 0.2) is 0 Å². The Hall–Kier alpha value is -0.700. The Morgan fingerprint density at radius 1 is 1.45 bits per heavy atom. The smallest absolute Gasteiger partial charge is 0.377 e. The number of aliphatic hydroxyl groups is 1. The van der Waals surface area contributed by atoms with Crippen molar-refractivity contribution < 1.29 is 14.9 Å². The molecule has 1 aliphatic heterocycles. The average molecular weight is 158 g/mol. The first-order chi connectivity index (χ1) is 4.97. The topological polar surface area (TPSA) is 45.3 Å². The summed E-state index contributed by atoms with van der Waals surface area (Å²) in [5.41, 5.74) is 0.130. The fourth-order valence-corrected chi connectivity index (χ4v) is 0.923. The first-order valence-electron chi connectivity index (χ1n) is 3.72. The van der Waals surface area contributed by atoms with Gasteiger partial charge in [0.1, 0.15) is 0 Å². The second-order valence-electron chi connectivity index (χ2n) is 3.98. The third kappa shape index (κ3) is 3.88. The van der Waals surface area contributed by atoms with Gasteiger partial charge in [-0.25, -0.2) is 9.78 Å². The monoisotopic (exact) mass is 158 g/mol. The van der Waals surface area contributed by atoms with E-state index in [1.807, 2.05) is 0 Å². The minimum absolute atomic E-state index is 0.130. The summed E-state index contributed by atoms with van der Waals surface area (Å²) in [6.07, 6.45) is 1.82. The molecule has 1 unspecified atom stereocenters. The minimum atomic E-state index is -0.465. The van der Waals surface area contributed by atoms with Crippen molar-refractivity contribution in [3.63, 3.8) is 0 Å². The van der Waals surface area contributed by atoms with Crippen LogP contribution >= 0.6 is 0 Å². The molecule has 64 valence electrons. The van der Waals surface area contributed by atoms with Crippen molar-refractivity contribution in [1.29, 1.82) is 0 Å². The fourth-order valence-electron chi connectivity index (χ4n) is 0.923. The van der Waals surface area contributed by atoms with Crippen LogP contribution in [0.4, 0.5) is 0 Å². The molecule has 0 spiro atoms. The van der Waals surface area contributed by atoms with Gasteiger partial charge in [0, 0.05) is 6.08 Å². The van der Waals surface area contributed by atoms with Crippen molar-refractivity contribution >= 4 is 0 Å². The van der Waals surface area contributed by atoms with Gasteiger partial charge in [-0.3, -0.25) is 0 Å². The Morgan fingerprint density at radius 2 is 2.00 bits per heavy atom. The number of aliphatic hydroxyl groups excluding tert-OH is 1. The van der Waals surface area contributed by atoms with E-state index in [-0.39, 0.29) is 5.41 Å². The van der Waals surface area contributed by atoms with Gasteiger partial charge in [-0.1, -0.05) is 20.8 Å². The van der Waals surface area contributed by atoms with Gasteiger partial charge in [0.2, 0.25) is 0 Å². The van der Waals surface area contributed by atoms with Crippen LogP contribution in [0.1, 0.15) is 27.2 Å². The van der Waals surface area contributed by atoms with Gasteiger partial charge < -0.3 is 5.11 Å². The number of hydrogen-bond acceptors (Lipinski definition) is 3. The van der Waals surface area contributed by atoms with Crippen LogP contribution in [-0.2, 0) is 9.78 Å². The molecule has 0 aliphatic carbocycles. The summed E-state index contributed by atoms with van der Waals surface area (Å²) in [4.78, 5) is 8.79. The van der Waals surface area contributed by atoms with Gasteiger partial charge in [-0.2, -0.15) is 0 Å². The molecule has 1 saturated heterocycles. The Labute approximate surface area is 66.5 Å². The van der Waals surface area contributed by atoms with Crippen molar-refractivity contribution in [2.45, 2.75) is 33.3 Å². The molecule has 0 radical (unpaired) electrons. The third-order valence-electron chi connectivity index (χ3n) is 1.33. The SMILES string of the molecule is CC(C)(C)CC(O)C=C1OO1. The van der Waals surface area contributed by atoms with E-state index in [2.05, 4.69) is 30.5 Å². The van der Waals surface area contributed by atoms with Crippen molar-refractivity contribution in [2.75, 3.05) is 0 Å². The molecule has 0 aromatic heterocycles. The molecule has 0 aromatic carbocycles. The Morgan fingerprint density at radius 3 is 2.36 bits per heavy atom. The van der Waals surface area contributed by atoms with Crippen LogP contribution in [0, 0.1) is 5.41 Å². The fraction of sp³-hybridized carbons (Fsp3) is 0.750.